The standard InChI is InChI=1S/C15H15N3O2/c1-10(19)18-8-12(9-18)15(20)17-13-6-2-4-11-5-3-7-16-14(11)13/h2-7,12H,8-9H2,1H3,(H,17,20). The minimum atomic E-state index is -0.127. The van der Waals surface area contributed by atoms with Gasteiger partial charge in [0, 0.05) is 31.6 Å². The van der Waals surface area contributed by atoms with Crippen molar-refractivity contribution >= 4 is 28.4 Å². The lowest BCUT2D eigenvalue weighted by Gasteiger charge is -2.37. The highest BCUT2D eigenvalue weighted by Crippen LogP contribution is 2.23. The van der Waals surface area contributed by atoms with Crippen LogP contribution in [0.4, 0.5) is 5.69 Å². The molecule has 2 amide bonds. The maximum absolute atomic E-state index is 12.1. The predicted molar refractivity (Wildman–Crippen MR) is 76.1 cm³/mol. The molecule has 5 nitrogen and oxygen atoms in total. The maximum Gasteiger partial charge on any atom is 0.231 e. The highest BCUT2D eigenvalue weighted by Gasteiger charge is 2.34. The molecule has 1 aromatic heterocycles. The van der Waals surface area contributed by atoms with E-state index >= 15 is 0 Å². The van der Waals surface area contributed by atoms with Crippen molar-refractivity contribution in [3.8, 4) is 0 Å². The summed E-state index contributed by atoms with van der Waals surface area (Å²) in [6.45, 7) is 2.52. The molecule has 1 aliphatic heterocycles. The van der Waals surface area contributed by atoms with Crippen LogP contribution >= 0.6 is 0 Å². The van der Waals surface area contributed by atoms with Crippen LogP contribution < -0.4 is 5.32 Å². The molecule has 0 saturated carbocycles. The average Bonchev–Trinajstić information content (AvgIpc) is 2.37. The fourth-order valence-electron chi connectivity index (χ4n) is 2.34. The lowest BCUT2D eigenvalue weighted by Crippen LogP contribution is -2.53. The van der Waals surface area contributed by atoms with Gasteiger partial charge in [0.2, 0.25) is 11.8 Å². The zero-order chi connectivity index (χ0) is 14.1. The Morgan fingerprint density at radius 2 is 2.00 bits per heavy atom. The Kier molecular flexibility index (Phi) is 3.10. The summed E-state index contributed by atoms with van der Waals surface area (Å²) < 4.78 is 0. The Hall–Kier alpha value is -2.43. The third-order valence-corrected chi connectivity index (χ3v) is 3.59. The van der Waals surface area contributed by atoms with Gasteiger partial charge >= 0.3 is 0 Å². The number of carbonyl (C=O) groups excluding carboxylic acids is 2. The SMILES string of the molecule is CC(=O)N1CC(C(=O)Nc2cccc3cccnc23)C1. The van der Waals surface area contributed by atoms with Crippen molar-refractivity contribution in [1.82, 2.24) is 9.88 Å². The molecule has 0 radical (unpaired) electrons. The Balaban J connectivity index is 1.74. The van der Waals surface area contributed by atoms with E-state index in [1.54, 1.807) is 11.1 Å². The summed E-state index contributed by atoms with van der Waals surface area (Å²) in [5, 5.41) is 3.90. The number of nitrogens with one attached hydrogen (secondary N) is 1. The molecule has 20 heavy (non-hydrogen) atoms. The largest absolute Gasteiger partial charge is 0.341 e. The number of hydrogen-bond acceptors (Lipinski definition) is 3. The van der Waals surface area contributed by atoms with Crippen LogP contribution in [0.3, 0.4) is 0 Å². The quantitative estimate of drug-likeness (QED) is 0.901. The summed E-state index contributed by atoms with van der Waals surface area (Å²) in [6, 6.07) is 9.51. The summed E-state index contributed by atoms with van der Waals surface area (Å²) in [6.07, 6.45) is 1.71. The number of carbonyl (C=O) groups is 2. The number of pyridine rings is 1. The van der Waals surface area contributed by atoms with E-state index in [1.807, 2.05) is 30.3 Å². The van der Waals surface area contributed by atoms with Crippen molar-refractivity contribution < 1.29 is 9.59 Å². The van der Waals surface area contributed by atoms with Crippen molar-refractivity contribution in [3.05, 3.63) is 36.5 Å². The van der Waals surface area contributed by atoms with Gasteiger partial charge in [-0.25, -0.2) is 0 Å². The number of benzene rings is 1. The van der Waals surface area contributed by atoms with Gasteiger partial charge in [-0.2, -0.15) is 0 Å². The highest BCUT2D eigenvalue weighted by atomic mass is 16.2. The van der Waals surface area contributed by atoms with Crippen LogP contribution in [-0.4, -0.2) is 34.8 Å². The van der Waals surface area contributed by atoms with Crippen LogP contribution in [0.2, 0.25) is 0 Å². The lowest BCUT2D eigenvalue weighted by molar-refractivity contribution is -0.139. The third kappa shape index (κ3) is 2.22. The number of likely N-dealkylation sites (tertiary alicyclic amines) is 1. The van der Waals surface area contributed by atoms with Gasteiger partial charge in [-0.15, -0.1) is 0 Å². The van der Waals surface area contributed by atoms with Crippen molar-refractivity contribution in [2.24, 2.45) is 5.92 Å². The lowest BCUT2D eigenvalue weighted by atomic mass is 9.99. The predicted octanol–water partition coefficient (Wildman–Crippen LogP) is 1.65. The van der Waals surface area contributed by atoms with Crippen LogP contribution in [0.15, 0.2) is 36.5 Å². The van der Waals surface area contributed by atoms with Crippen LogP contribution in [0.25, 0.3) is 10.9 Å². The molecule has 1 N–H and O–H groups in total. The van der Waals surface area contributed by atoms with Crippen LogP contribution in [0.1, 0.15) is 6.92 Å². The van der Waals surface area contributed by atoms with Crippen LogP contribution in [0, 0.1) is 5.92 Å². The molecule has 0 bridgehead atoms. The van der Waals surface area contributed by atoms with Gasteiger partial charge in [-0.3, -0.25) is 14.6 Å². The highest BCUT2D eigenvalue weighted by molar-refractivity contribution is 6.01. The molecule has 1 aromatic carbocycles. The number of aromatic nitrogens is 1. The third-order valence-electron chi connectivity index (χ3n) is 3.59. The van der Waals surface area contributed by atoms with E-state index in [0.29, 0.717) is 13.1 Å². The second-order valence-electron chi connectivity index (χ2n) is 4.99. The molecule has 0 aliphatic carbocycles. The molecular weight excluding hydrogens is 254 g/mol. The first-order chi connectivity index (χ1) is 9.65. The van der Waals surface area contributed by atoms with Crippen molar-refractivity contribution in [1.29, 1.82) is 0 Å². The Morgan fingerprint density at radius 1 is 1.25 bits per heavy atom. The number of para-hydroxylation sites is 1. The Bertz CT molecular complexity index is 672. The monoisotopic (exact) mass is 269 g/mol. The molecule has 1 fully saturated rings. The second-order valence-corrected chi connectivity index (χ2v) is 4.99. The first kappa shape index (κ1) is 12.6. The molecular formula is C15H15N3O2. The van der Waals surface area contributed by atoms with Gasteiger partial charge in [-0.1, -0.05) is 18.2 Å². The van der Waals surface area contributed by atoms with Gasteiger partial charge in [-0.05, 0) is 12.1 Å². The first-order valence-corrected chi connectivity index (χ1v) is 6.55. The molecule has 2 heterocycles. The molecule has 5 heteroatoms. The second kappa shape index (κ2) is 4.92. The molecule has 2 aromatic rings. The van der Waals surface area contributed by atoms with E-state index in [0.717, 1.165) is 16.6 Å². The summed E-state index contributed by atoms with van der Waals surface area (Å²) in [4.78, 5) is 29.2. The number of amides is 2. The maximum atomic E-state index is 12.1. The van der Waals surface area contributed by atoms with Gasteiger partial charge in [0.1, 0.15) is 0 Å². The first-order valence-electron chi connectivity index (χ1n) is 6.55. The molecule has 0 spiro atoms. The normalized spacial score (nSPS) is 14.9. The van der Waals surface area contributed by atoms with E-state index in [4.69, 9.17) is 0 Å². The summed E-state index contributed by atoms with van der Waals surface area (Å²) in [7, 11) is 0. The summed E-state index contributed by atoms with van der Waals surface area (Å²) in [5.74, 6) is -0.167. The number of hydrogen-bond donors (Lipinski definition) is 1. The number of nitrogens with zero attached hydrogens (tertiary/aromatic N) is 2. The zero-order valence-corrected chi connectivity index (χ0v) is 11.2. The fraction of sp³-hybridized carbons (Fsp3) is 0.267. The molecule has 102 valence electrons. The number of rotatable bonds is 2. The average molecular weight is 269 g/mol. The van der Waals surface area contributed by atoms with E-state index in [9.17, 15) is 9.59 Å². The molecule has 0 unspecified atom stereocenters. The van der Waals surface area contributed by atoms with E-state index in [-0.39, 0.29) is 17.7 Å². The van der Waals surface area contributed by atoms with Crippen molar-refractivity contribution in [2.75, 3.05) is 18.4 Å². The van der Waals surface area contributed by atoms with Gasteiger partial charge in [0.25, 0.3) is 0 Å². The van der Waals surface area contributed by atoms with E-state index < -0.39 is 0 Å². The minimum absolute atomic E-state index is 0.0147. The Labute approximate surface area is 116 Å². The summed E-state index contributed by atoms with van der Waals surface area (Å²) >= 11 is 0. The Morgan fingerprint density at radius 3 is 2.75 bits per heavy atom. The molecule has 1 saturated heterocycles. The van der Waals surface area contributed by atoms with Gasteiger partial charge in [0.05, 0.1) is 17.1 Å². The van der Waals surface area contributed by atoms with E-state index in [1.165, 1.54) is 6.92 Å². The van der Waals surface area contributed by atoms with Gasteiger partial charge < -0.3 is 10.2 Å². The van der Waals surface area contributed by atoms with Crippen LogP contribution in [0.5, 0.6) is 0 Å². The molecule has 3 rings (SSSR count). The molecule has 0 atom stereocenters. The van der Waals surface area contributed by atoms with Crippen molar-refractivity contribution in [2.45, 2.75) is 6.92 Å². The summed E-state index contributed by atoms with van der Waals surface area (Å²) in [5.41, 5.74) is 1.50. The van der Waals surface area contributed by atoms with E-state index in [2.05, 4.69) is 10.3 Å². The van der Waals surface area contributed by atoms with Crippen LogP contribution in [-0.2, 0) is 9.59 Å². The molecule has 1 aliphatic rings. The van der Waals surface area contributed by atoms with Crippen molar-refractivity contribution in [3.63, 3.8) is 0 Å². The smallest absolute Gasteiger partial charge is 0.231 e. The topological polar surface area (TPSA) is 62.3 Å². The fourth-order valence-corrected chi connectivity index (χ4v) is 2.34. The van der Waals surface area contributed by atoms with Gasteiger partial charge in [0.15, 0.2) is 0 Å². The number of anilines is 1. The number of fused-ring (bicyclic) bond motifs is 1. The minimum Gasteiger partial charge on any atom is -0.341 e. The zero-order valence-electron chi connectivity index (χ0n) is 11.2.